The van der Waals surface area contributed by atoms with Crippen LogP contribution in [0.25, 0.3) is 32.4 Å². The average Bonchev–Trinajstić information content (AvgIpc) is 2.98. The maximum atomic E-state index is 11.4. The second-order valence-corrected chi connectivity index (χ2v) is 5.60. The first-order valence-electron chi connectivity index (χ1n) is 7.16. The molecule has 1 unspecified atom stereocenters. The highest BCUT2D eigenvalue weighted by atomic mass is 16.4. The van der Waals surface area contributed by atoms with Crippen LogP contribution in [0.3, 0.4) is 0 Å². The second kappa shape index (κ2) is 4.56. The molecule has 0 aliphatic rings. The number of rotatable bonds is 2. The largest absolute Gasteiger partial charge is 0.481 e. The molecule has 0 bridgehead atoms. The van der Waals surface area contributed by atoms with Crippen molar-refractivity contribution in [3.63, 3.8) is 0 Å². The van der Waals surface area contributed by atoms with E-state index in [0.717, 1.165) is 38.0 Å². The van der Waals surface area contributed by atoms with Gasteiger partial charge in [-0.1, -0.05) is 30.3 Å². The Bertz CT molecular complexity index is 1030. The lowest BCUT2D eigenvalue weighted by Crippen LogP contribution is -2.07. The van der Waals surface area contributed by atoms with E-state index in [1.807, 2.05) is 24.3 Å². The van der Waals surface area contributed by atoms with Gasteiger partial charge in [0.15, 0.2) is 0 Å². The summed E-state index contributed by atoms with van der Waals surface area (Å²) in [6.45, 7) is 1.73. The maximum Gasteiger partial charge on any atom is 0.310 e. The predicted octanol–water partition coefficient (Wildman–Crippen LogP) is 4.06. The monoisotopic (exact) mass is 290 g/mol. The molecule has 22 heavy (non-hydrogen) atoms. The van der Waals surface area contributed by atoms with E-state index in [1.165, 1.54) is 0 Å². The van der Waals surface area contributed by atoms with Crippen LogP contribution in [0.5, 0.6) is 0 Å². The van der Waals surface area contributed by atoms with Crippen molar-refractivity contribution in [3.8, 4) is 0 Å². The Hall–Kier alpha value is -2.88. The number of aliphatic carboxylic acids is 1. The van der Waals surface area contributed by atoms with Gasteiger partial charge >= 0.3 is 5.97 Å². The summed E-state index contributed by atoms with van der Waals surface area (Å²) in [6.07, 6.45) is 1.79. The Morgan fingerprint density at radius 1 is 1.14 bits per heavy atom. The molecule has 3 aromatic carbocycles. The van der Waals surface area contributed by atoms with Crippen LogP contribution < -0.4 is 0 Å². The van der Waals surface area contributed by atoms with Gasteiger partial charge < -0.3 is 5.11 Å². The summed E-state index contributed by atoms with van der Waals surface area (Å²) in [4.78, 5) is 11.4. The number of aromatic amines is 1. The fraction of sp³-hybridized carbons (Fsp3) is 0.111. The summed E-state index contributed by atoms with van der Waals surface area (Å²) in [5, 5.41) is 21.7. The van der Waals surface area contributed by atoms with Crippen molar-refractivity contribution in [3.05, 3.63) is 54.2 Å². The summed E-state index contributed by atoms with van der Waals surface area (Å²) < 4.78 is 0. The van der Waals surface area contributed by atoms with E-state index in [4.69, 9.17) is 0 Å². The summed E-state index contributed by atoms with van der Waals surface area (Å²) in [5.74, 6) is -1.36. The van der Waals surface area contributed by atoms with Crippen LogP contribution in [0.15, 0.2) is 48.7 Å². The number of hydrogen-bond acceptors (Lipinski definition) is 2. The molecule has 4 rings (SSSR count). The quantitative estimate of drug-likeness (QED) is 0.547. The molecule has 2 N–H and O–H groups in total. The summed E-state index contributed by atoms with van der Waals surface area (Å²) in [6, 6.07) is 14.1. The number of carboxylic acids is 1. The maximum absolute atomic E-state index is 11.4. The van der Waals surface area contributed by atoms with Gasteiger partial charge in [-0.25, -0.2) is 0 Å². The van der Waals surface area contributed by atoms with Crippen molar-refractivity contribution in [2.24, 2.45) is 0 Å². The van der Waals surface area contributed by atoms with Crippen molar-refractivity contribution in [1.29, 1.82) is 0 Å². The lowest BCUT2D eigenvalue weighted by atomic mass is 9.91. The first-order chi connectivity index (χ1) is 10.6. The van der Waals surface area contributed by atoms with Gasteiger partial charge in [-0.05, 0) is 46.2 Å². The highest BCUT2D eigenvalue weighted by Gasteiger charge is 2.18. The minimum absolute atomic E-state index is 0.547. The number of fused-ring (bicyclic) bond motifs is 4. The van der Waals surface area contributed by atoms with Crippen LogP contribution in [0.2, 0.25) is 0 Å². The van der Waals surface area contributed by atoms with E-state index >= 15 is 0 Å². The Balaban J connectivity index is 2.18. The van der Waals surface area contributed by atoms with Gasteiger partial charge in [0.1, 0.15) is 0 Å². The lowest BCUT2D eigenvalue weighted by Gasteiger charge is -2.13. The van der Waals surface area contributed by atoms with Gasteiger partial charge in [0.2, 0.25) is 0 Å². The molecule has 4 aromatic rings. The predicted molar refractivity (Wildman–Crippen MR) is 87.2 cm³/mol. The van der Waals surface area contributed by atoms with Crippen molar-refractivity contribution >= 4 is 38.4 Å². The Morgan fingerprint density at radius 3 is 2.77 bits per heavy atom. The van der Waals surface area contributed by atoms with Crippen molar-refractivity contribution in [2.45, 2.75) is 12.8 Å². The van der Waals surface area contributed by atoms with Crippen molar-refractivity contribution in [2.75, 3.05) is 0 Å². The number of carboxylic acid groups (broad SMARTS) is 1. The highest BCUT2D eigenvalue weighted by molar-refractivity contribution is 6.13. The summed E-state index contributed by atoms with van der Waals surface area (Å²) in [5.41, 5.74) is 1.83. The van der Waals surface area contributed by atoms with Gasteiger partial charge in [0, 0.05) is 5.39 Å². The van der Waals surface area contributed by atoms with Gasteiger partial charge in [-0.2, -0.15) is 5.10 Å². The lowest BCUT2D eigenvalue weighted by molar-refractivity contribution is -0.138. The van der Waals surface area contributed by atoms with Crippen LogP contribution in [0.4, 0.5) is 0 Å². The molecule has 1 heterocycles. The van der Waals surface area contributed by atoms with E-state index < -0.39 is 11.9 Å². The molecule has 0 saturated carbocycles. The molecule has 0 aliphatic heterocycles. The van der Waals surface area contributed by atoms with Gasteiger partial charge in [-0.15, -0.1) is 0 Å². The van der Waals surface area contributed by atoms with Crippen molar-refractivity contribution < 1.29 is 9.90 Å². The Morgan fingerprint density at radius 2 is 1.95 bits per heavy atom. The zero-order chi connectivity index (χ0) is 15.3. The minimum Gasteiger partial charge on any atom is -0.481 e. The summed E-state index contributed by atoms with van der Waals surface area (Å²) in [7, 11) is 0. The fourth-order valence-electron chi connectivity index (χ4n) is 3.07. The fourth-order valence-corrected chi connectivity index (χ4v) is 3.07. The Labute approximate surface area is 126 Å². The van der Waals surface area contributed by atoms with Crippen LogP contribution in [-0.4, -0.2) is 21.3 Å². The normalized spacial score (nSPS) is 13.0. The van der Waals surface area contributed by atoms with E-state index in [2.05, 4.69) is 28.4 Å². The molecule has 4 nitrogen and oxygen atoms in total. The summed E-state index contributed by atoms with van der Waals surface area (Å²) >= 11 is 0. The molecule has 0 spiro atoms. The highest BCUT2D eigenvalue weighted by Crippen LogP contribution is 2.34. The molecule has 0 amide bonds. The first-order valence-corrected chi connectivity index (χ1v) is 7.16. The molecular formula is C18H14N2O2. The van der Waals surface area contributed by atoms with Crippen LogP contribution in [0.1, 0.15) is 18.4 Å². The topological polar surface area (TPSA) is 66.0 Å². The number of benzene rings is 3. The third kappa shape index (κ3) is 1.77. The molecular weight excluding hydrogens is 276 g/mol. The minimum atomic E-state index is -0.811. The zero-order valence-corrected chi connectivity index (χ0v) is 12.0. The number of H-pyrrole nitrogens is 1. The van der Waals surface area contributed by atoms with Crippen LogP contribution >= 0.6 is 0 Å². The van der Waals surface area contributed by atoms with Crippen LogP contribution in [-0.2, 0) is 4.79 Å². The average molecular weight is 290 g/mol. The standard InChI is InChI=1S/C18H14N2O2/c1-10(18(21)22)14-4-2-3-11-5-6-12-8-16-13(9-19-20-16)7-15(12)17(11)14/h2-10H,1H3,(H,19,20)(H,21,22). The Kier molecular flexibility index (Phi) is 2.66. The molecule has 0 radical (unpaired) electrons. The number of nitrogens with one attached hydrogen (secondary N) is 1. The molecule has 1 aromatic heterocycles. The second-order valence-electron chi connectivity index (χ2n) is 5.60. The smallest absolute Gasteiger partial charge is 0.310 e. The third-order valence-corrected chi connectivity index (χ3v) is 4.29. The number of nitrogens with zero attached hydrogens (tertiary/aromatic N) is 1. The van der Waals surface area contributed by atoms with E-state index in [0.29, 0.717) is 0 Å². The van der Waals surface area contributed by atoms with Crippen molar-refractivity contribution in [1.82, 2.24) is 10.2 Å². The molecule has 1 atom stereocenters. The van der Waals surface area contributed by atoms with E-state index in [1.54, 1.807) is 13.1 Å². The number of aromatic nitrogens is 2. The molecule has 0 fully saturated rings. The first kappa shape index (κ1) is 12.8. The molecule has 0 saturated heterocycles. The molecule has 4 heteroatoms. The zero-order valence-electron chi connectivity index (χ0n) is 12.0. The number of carbonyl (C=O) groups is 1. The van der Waals surface area contributed by atoms with Gasteiger partial charge in [-0.3, -0.25) is 9.89 Å². The molecule has 108 valence electrons. The number of hydrogen-bond donors (Lipinski definition) is 2. The van der Waals surface area contributed by atoms with E-state index in [9.17, 15) is 9.90 Å². The molecule has 0 aliphatic carbocycles. The third-order valence-electron chi connectivity index (χ3n) is 4.29. The SMILES string of the molecule is CC(C(=O)O)c1cccc2ccc3cc4[nH]ncc4cc3c12. The van der Waals surface area contributed by atoms with Gasteiger partial charge in [0.25, 0.3) is 0 Å². The van der Waals surface area contributed by atoms with E-state index in [-0.39, 0.29) is 0 Å². The van der Waals surface area contributed by atoms with Gasteiger partial charge in [0.05, 0.1) is 17.6 Å². The van der Waals surface area contributed by atoms with Crippen LogP contribution in [0, 0.1) is 0 Å².